The summed E-state index contributed by atoms with van der Waals surface area (Å²) >= 11 is 3.47. The van der Waals surface area contributed by atoms with Crippen molar-refractivity contribution in [3.8, 4) is 0 Å². The van der Waals surface area contributed by atoms with Crippen LogP contribution in [0.3, 0.4) is 0 Å². The molecule has 19 heavy (non-hydrogen) atoms. The highest BCUT2D eigenvalue weighted by Crippen LogP contribution is 2.31. The number of carbonyl (C=O) groups is 1. The average Bonchev–Trinajstić information content (AvgIpc) is 2.73. The fourth-order valence-electron chi connectivity index (χ4n) is 2.39. The highest BCUT2D eigenvalue weighted by Gasteiger charge is 2.18. The monoisotopic (exact) mass is 323 g/mol. The molecule has 0 saturated heterocycles. The van der Waals surface area contributed by atoms with Crippen LogP contribution in [0.2, 0.25) is 0 Å². The zero-order valence-corrected chi connectivity index (χ0v) is 13.2. The van der Waals surface area contributed by atoms with Crippen molar-refractivity contribution in [1.82, 2.24) is 4.57 Å². The van der Waals surface area contributed by atoms with Crippen LogP contribution in [0.1, 0.15) is 42.2 Å². The van der Waals surface area contributed by atoms with Crippen LogP contribution in [-0.4, -0.2) is 17.6 Å². The first-order valence-electron chi connectivity index (χ1n) is 6.38. The minimum absolute atomic E-state index is 0.295. The summed E-state index contributed by atoms with van der Waals surface area (Å²) in [6.45, 7) is 6.37. The van der Waals surface area contributed by atoms with Gasteiger partial charge in [0.2, 0.25) is 0 Å². The molecule has 0 aliphatic carbocycles. The minimum Gasteiger partial charge on any atom is -0.465 e. The van der Waals surface area contributed by atoms with Gasteiger partial charge in [-0.2, -0.15) is 0 Å². The Morgan fingerprint density at radius 2 is 2.16 bits per heavy atom. The van der Waals surface area contributed by atoms with E-state index in [1.807, 2.05) is 13.0 Å². The predicted octanol–water partition coefficient (Wildman–Crippen LogP) is 4.47. The van der Waals surface area contributed by atoms with E-state index in [2.05, 4.69) is 46.6 Å². The third-order valence-electron chi connectivity index (χ3n) is 3.56. The standard InChI is InChI=1S/C15H18BrNO2/c1-5-10(3)17-8-9(2)14-12(15(18)19-4)6-11(16)7-13(14)17/h6-8,10H,5H2,1-4H3/t10-/m1/s1. The molecule has 1 aromatic carbocycles. The lowest BCUT2D eigenvalue weighted by Crippen LogP contribution is -2.04. The highest BCUT2D eigenvalue weighted by molar-refractivity contribution is 9.10. The van der Waals surface area contributed by atoms with E-state index >= 15 is 0 Å². The molecule has 0 saturated carbocycles. The second-order valence-corrected chi connectivity index (χ2v) is 5.73. The first-order chi connectivity index (χ1) is 8.99. The van der Waals surface area contributed by atoms with Gasteiger partial charge in [-0.1, -0.05) is 22.9 Å². The first-order valence-corrected chi connectivity index (χ1v) is 7.17. The van der Waals surface area contributed by atoms with Crippen LogP contribution in [0.25, 0.3) is 10.9 Å². The van der Waals surface area contributed by atoms with Gasteiger partial charge in [0.25, 0.3) is 0 Å². The number of rotatable bonds is 3. The number of benzene rings is 1. The number of hydrogen-bond acceptors (Lipinski definition) is 2. The molecule has 0 bridgehead atoms. The zero-order chi connectivity index (χ0) is 14.2. The summed E-state index contributed by atoms with van der Waals surface area (Å²) in [5.41, 5.74) is 2.79. The lowest BCUT2D eigenvalue weighted by molar-refractivity contribution is 0.0603. The van der Waals surface area contributed by atoms with Crippen LogP contribution in [0.4, 0.5) is 0 Å². The van der Waals surface area contributed by atoms with Gasteiger partial charge in [0, 0.05) is 22.1 Å². The largest absolute Gasteiger partial charge is 0.465 e. The normalized spacial score (nSPS) is 12.7. The molecule has 0 aliphatic heterocycles. The molecule has 0 radical (unpaired) electrons. The second kappa shape index (κ2) is 5.37. The molecule has 0 fully saturated rings. The molecule has 1 aromatic heterocycles. The third-order valence-corrected chi connectivity index (χ3v) is 4.02. The van der Waals surface area contributed by atoms with Crippen molar-refractivity contribution in [3.63, 3.8) is 0 Å². The molecule has 0 spiro atoms. The van der Waals surface area contributed by atoms with E-state index in [4.69, 9.17) is 4.74 Å². The molecule has 1 heterocycles. The van der Waals surface area contributed by atoms with Crippen molar-refractivity contribution in [2.24, 2.45) is 0 Å². The van der Waals surface area contributed by atoms with Crippen LogP contribution in [-0.2, 0) is 4.74 Å². The van der Waals surface area contributed by atoms with Gasteiger partial charge in [-0.3, -0.25) is 0 Å². The molecule has 2 aromatic rings. The Hall–Kier alpha value is -1.29. The summed E-state index contributed by atoms with van der Waals surface area (Å²) in [5, 5.41) is 0.982. The van der Waals surface area contributed by atoms with Crippen LogP contribution >= 0.6 is 15.9 Å². The van der Waals surface area contributed by atoms with Gasteiger partial charge in [-0.25, -0.2) is 4.79 Å². The van der Waals surface area contributed by atoms with Crippen LogP contribution < -0.4 is 0 Å². The predicted molar refractivity (Wildman–Crippen MR) is 80.7 cm³/mol. The molecule has 2 rings (SSSR count). The summed E-state index contributed by atoms with van der Waals surface area (Å²) < 4.78 is 8.00. The summed E-state index contributed by atoms with van der Waals surface area (Å²) in [5.74, 6) is -0.295. The van der Waals surface area contributed by atoms with E-state index in [1.54, 1.807) is 0 Å². The van der Waals surface area contributed by atoms with Gasteiger partial charge < -0.3 is 9.30 Å². The van der Waals surface area contributed by atoms with E-state index in [9.17, 15) is 4.79 Å². The Kier molecular flexibility index (Phi) is 3.99. The lowest BCUT2D eigenvalue weighted by atomic mass is 10.1. The van der Waals surface area contributed by atoms with Gasteiger partial charge in [-0.15, -0.1) is 0 Å². The number of carbonyl (C=O) groups excluding carboxylic acids is 1. The molecule has 3 nitrogen and oxygen atoms in total. The maximum Gasteiger partial charge on any atom is 0.338 e. The Morgan fingerprint density at radius 3 is 2.74 bits per heavy atom. The number of hydrogen-bond donors (Lipinski definition) is 0. The summed E-state index contributed by atoms with van der Waals surface area (Å²) in [4.78, 5) is 11.9. The molecule has 0 N–H and O–H groups in total. The van der Waals surface area contributed by atoms with Crippen molar-refractivity contribution in [2.45, 2.75) is 33.2 Å². The SMILES string of the molecule is CC[C@@H](C)n1cc(C)c2c(C(=O)OC)cc(Br)cc21. The minimum atomic E-state index is -0.295. The third kappa shape index (κ3) is 2.41. The van der Waals surface area contributed by atoms with E-state index in [0.29, 0.717) is 11.6 Å². The Morgan fingerprint density at radius 1 is 1.47 bits per heavy atom. The van der Waals surface area contributed by atoms with Crippen LogP contribution in [0.5, 0.6) is 0 Å². The number of nitrogens with zero attached hydrogens (tertiary/aromatic N) is 1. The number of aromatic nitrogens is 1. The Bertz CT molecular complexity index is 631. The molecule has 0 amide bonds. The van der Waals surface area contributed by atoms with Gasteiger partial charge in [-0.05, 0) is 38.0 Å². The topological polar surface area (TPSA) is 31.2 Å². The van der Waals surface area contributed by atoms with Crippen LogP contribution in [0, 0.1) is 6.92 Å². The van der Waals surface area contributed by atoms with Gasteiger partial charge in [0.05, 0.1) is 18.2 Å². The summed E-state index contributed by atoms with van der Waals surface area (Å²) in [6, 6.07) is 4.28. The number of aryl methyl sites for hydroxylation is 1. The van der Waals surface area contributed by atoms with Crippen molar-refractivity contribution >= 4 is 32.8 Å². The fourth-order valence-corrected chi connectivity index (χ4v) is 2.83. The molecule has 0 aliphatic rings. The Labute approximate surface area is 121 Å². The maximum atomic E-state index is 11.9. The number of esters is 1. The van der Waals surface area contributed by atoms with Gasteiger partial charge >= 0.3 is 5.97 Å². The van der Waals surface area contributed by atoms with Crippen molar-refractivity contribution < 1.29 is 9.53 Å². The summed E-state index contributed by atoms with van der Waals surface area (Å²) in [6.07, 6.45) is 3.15. The number of methoxy groups -OCH3 is 1. The Balaban J connectivity index is 2.79. The van der Waals surface area contributed by atoms with Gasteiger partial charge in [0.15, 0.2) is 0 Å². The molecule has 1 atom stereocenters. The number of halogens is 1. The quantitative estimate of drug-likeness (QED) is 0.780. The number of ether oxygens (including phenoxy) is 1. The highest BCUT2D eigenvalue weighted by atomic mass is 79.9. The van der Waals surface area contributed by atoms with Crippen molar-refractivity contribution in [3.05, 3.63) is 33.9 Å². The average molecular weight is 324 g/mol. The maximum absolute atomic E-state index is 11.9. The molecule has 102 valence electrons. The van der Waals surface area contributed by atoms with Crippen molar-refractivity contribution in [1.29, 1.82) is 0 Å². The molecular weight excluding hydrogens is 306 g/mol. The van der Waals surface area contributed by atoms with Crippen molar-refractivity contribution in [2.75, 3.05) is 7.11 Å². The second-order valence-electron chi connectivity index (χ2n) is 4.82. The van der Waals surface area contributed by atoms with Gasteiger partial charge in [0.1, 0.15) is 0 Å². The smallest absolute Gasteiger partial charge is 0.338 e. The number of fused-ring (bicyclic) bond motifs is 1. The lowest BCUT2D eigenvalue weighted by Gasteiger charge is -2.13. The molecular formula is C15H18BrNO2. The fraction of sp³-hybridized carbons (Fsp3) is 0.400. The molecule has 4 heteroatoms. The first kappa shape index (κ1) is 14.1. The zero-order valence-electron chi connectivity index (χ0n) is 11.7. The van der Waals surface area contributed by atoms with E-state index in [0.717, 1.165) is 27.4 Å². The van der Waals surface area contributed by atoms with E-state index in [1.165, 1.54) is 7.11 Å². The van der Waals surface area contributed by atoms with E-state index < -0.39 is 0 Å². The molecule has 0 unspecified atom stereocenters. The van der Waals surface area contributed by atoms with E-state index in [-0.39, 0.29) is 5.97 Å². The summed E-state index contributed by atoms with van der Waals surface area (Å²) in [7, 11) is 1.41. The van der Waals surface area contributed by atoms with Crippen LogP contribution in [0.15, 0.2) is 22.8 Å².